The van der Waals surface area contributed by atoms with Gasteiger partial charge < -0.3 is 0 Å². The third kappa shape index (κ3) is 4.86. The molecule has 0 saturated heterocycles. The molecule has 0 aliphatic rings. The van der Waals surface area contributed by atoms with E-state index in [2.05, 4.69) is 170 Å². The van der Waals surface area contributed by atoms with Crippen molar-refractivity contribution in [2.75, 3.05) is 0 Å². The SMILES string of the molecule is c1cc[c]([Ge]([c]2ccccc2)([c]2cccc(-c3ccc4c(c3)oc3ccccc34)c2)[c]2cccc(-c3ccc4c(c3)oc3ccccc34)c2)cc1. The van der Waals surface area contributed by atoms with E-state index in [1.165, 1.54) is 28.7 Å². The van der Waals surface area contributed by atoms with Crippen LogP contribution in [-0.2, 0) is 0 Å². The van der Waals surface area contributed by atoms with Gasteiger partial charge in [-0.15, -0.1) is 0 Å². The third-order valence-electron chi connectivity index (χ3n) is 10.4. The molecule has 0 radical (unpaired) electrons. The summed E-state index contributed by atoms with van der Waals surface area (Å²) in [6.45, 7) is 0. The molecule has 0 N–H and O–H groups in total. The van der Waals surface area contributed by atoms with Gasteiger partial charge in [0.1, 0.15) is 0 Å². The fraction of sp³-hybridized carbons (Fsp3) is 0. The van der Waals surface area contributed by atoms with Crippen LogP contribution < -0.4 is 17.6 Å². The van der Waals surface area contributed by atoms with Gasteiger partial charge in [-0.25, -0.2) is 0 Å². The fourth-order valence-corrected chi connectivity index (χ4v) is 18.2. The van der Waals surface area contributed by atoms with Crippen molar-refractivity contribution in [3.05, 3.63) is 194 Å². The average Bonchev–Trinajstić information content (AvgIpc) is 3.77. The number of fused-ring (bicyclic) bond motifs is 6. The van der Waals surface area contributed by atoms with Gasteiger partial charge in [0.15, 0.2) is 0 Å². The first kappa shape index (κ1) is 29.8. The van der Waals surface area contributed by atoms with Gasteiger partial charge in [0.25, 0.3) is 0 Å². The normalized spacial score (nSPS) is 11.9. The molecule has 0 bridgehead atoms. The van der Waals surface area contributed by atoms with E-state index in [-0.39, 0.29) is 0 Å². The molecule has 0 fully saturated rings. The monoisotopic (exact) mass is 714 g/mol. The third-order valence-corrected chi connectivity index (χ3v) is 20.4. The summed E-state index contributed by atoms with van der Waals surface area (Å²) >= 11 is -3.61. The van der Waals surface area contributed by atoms with E-state index in [0.717, 1.165) is 55.0 Å². The molecule has 10 aromatic rings. The van der Waals surface area contributed by atoms with Crippen molar-refractivity contribution in [1.29, 1.82) is 0 Å². The van der Waals surface area contributed by atoms with E-state index in [1.54, 1.807) is 0 Å². The van der Waals surface area contributed by atoms with Crippen LogP contribution in [0.1, 0.15) is 0 Å². The van der Waals surface area contributed by atoms with Crippen LogP contribution >= 0.6 is 0 Å². The first-order valence-electron chi connectivity index (χ1n) is 17.4. The molecule has 10 rings (SSSR count). The van der Waals surface area contributed by atoms with Crippen molar-refractivity contribution in [2.24, 2.45) is 0 Å². The summed E-state index contributed by atoms with van der Waals surface area (Å²) in [5, 5.41) is 4.58. The second kappa shape index (κ2) is 12.0. The standard InChI is InChI=1S/C48H32GeO2/c1-3-15-37(16-4-1)49(38-17-5-2-6-18-38,39-19-11-13-33(29-39)35-25-27-43-41-21-7-9-23-45(41)50-47(43)31-35)40-20-12-14-34(30-40)36-26-28-44-42-22-8-10-24-46(42)51-48(44)32-36/h1-32H. The molecule has 0 aliphatic carbocycles. The molecule has 0 spiro atoms. The summed E-state index contributed by atoms with van der Waals surface area (Å²) in [5.41, 5.74) is 8.31. The molecule has 2 nitrogen and oxygen atoms in total. The van der Waals surface area contributed by atoms with Crippen molar-refractivity contribution in [3.8, 4) is 22.3 Å². The summed E-state index contributed by atoms with van der Waals surface area (Å²) in [4.78, 5) is 0. The predicted molar refractivity (Wildman–Crippen MR) is 215 cm³/mol. The first-order valence-corrected chi connectivity index (χ1v) is 21.6. The Labute approximate surface area is 298 Å². The minimum atomic E-state index is -3.61. The zero-order valence-electron chi connectivity index (χ0n) is 27.8. The molecule has 0 aliphatic heterocycles. The first-order chi connectivity index (χ1) is 25.3. The zero-order chi connectivity index (χ0) is 33.8. The average molecular weight is 713 g/mol. The van der Waals surface area contributed by atoms with Gasteiger partial charge in [-0.1, -0.05) is 0 Å². The molecule has 0 saturated carbocycles. The maximum atomic E-state index is 6.32. The minimum absolute atomic E-state index is 0.909. The van der Waals surface area contributed by atoms with E-state index < -0.39 is 13.3 Å². The van der Waals surface area contributed by atoms with E-state index in [4.69, 9.17) is 8.83 Å². The number of furan rings is 2. The molecule has 0 unspecified atom stereocenters. The number of rotatable bonds is 6. The summed E-state index contributed by atoms with van der Waals surface area (Å²) in [6, 6.07) is 70.7. The quantitative estimate of drug-likeness (QED) is 0.161. The molecule has 2 aromatic heterocycles. The van der Waals surface area contributed by atoms with Gasteiger partial charge in [0, 0.05) is 0 Å². The predicted octanol–water partition coefficient (Wildman–Crippen LogP) is 10.2. The van der Waals surface area contributed by atoms with Crippen LogP contribution in [0.2, 0.25) is 0 Å². The summed E-state index contributed by atoms with van der Waals surface area (Å²) in [7, 11) is 0. The number of hydrogen-bond donors (Lipinski definition) is 0. The molecule has 0 amide bonds. The Bertz CT molecular complexity index is 2670. The molecule has 0 atom stereocenters. The molecular formula is C48H32GeO2. The van der Waals surface area contributed by atoms with E-state index in [0.29, 0.717) is 0 Å². The Morgan fingerprint density at radius 2 is 0.627 bits per heavy atom. The van der Waals surface area contributed by atoms with Crippen molar-refractivity contribution < 1.29 is 8.83 Å². The van der Waals surface area contributed by atoms with Crippen LogP contribution in [0.4, 0.5) is 0 Å². The Morgan fingerprint density at radius 1 is 0.255 bits per heavy atom. The topological polar surface area (TPSA) is 26.3 Å². The molecule has 8 aromatic carbocycles. The summed E-state index contributed by atoms with van der Waals surface area (Å²) in [5.74, 6) is 0. The Hall–Kier alpha value is -6.10. The van der Waals surface area contributed by atoms with Crippen LogP contribution in [0.5, 0.6) is 0 Å². The number of benzene rings is 8. The molecule has 3 heteroatoms. The van der Waals surface area contributed by atoms with Crippen molar-refractivity contribution in [1.82, 2.24) is 0 Å². The van der Waals surface area contributed by atoms with Crippen LogP contribution in [0.15, 0.2) is 203 Å². The van der Waals surface area contributed by atoms with Crippen molar-refractivity contribution in [3.63, 3.8) is 0 Å². The fourth-order valence-electron chi connectivity index (χ4n) is 8.05. The summed E-state index contributed by atoms with van der Waals surface area (Å²) in [6.07, 6.45) is 0. The van der Waals surface area contributed by atoms with E-state index in [1.807, 2.05) is 24.3 Å². The zero-order valence-corrected chi connectivity index (χ0v) is 29.9. The Kier molecular flexibility index (Phi) is 7.04. The van der Waals surface area contributed by atoms with Crippen molar-refractivity contribution in [2.45, 2.75) is 0 Å². The molecule has 51 heavy (non-hydrogen) atoms. The van der Waals surface area contributed by atoms with E-state index in [9.17, 15) is 0 Å². The van der Waals surface area contributed by atoms with Gasteiger partial charge >= 0.3 is 300 Å². The summed E-state index contributed by atoms with van der Waals surface area (Å²) < 4.78 is 18.2. The number of para-hydroxylation sites is 2. The number of hydrogen-bond acceptors (Lipinski definition) is 2. The second-order valence-corrected chi connectivity index (χ2v) is 21.3. The van der Waals surface area contributed by atoms with Gasteiger partial charge in [0.2, 0.25) is 0 Å². The van der Waals surface area contributed by atoms with Gasteiger partial charge in [0.05, 0.1) is 0 Å². The van der Waals surface area contributed by atoms with E-state index >= 15 is 0 Å². The van der Waals surface area contributed by atoms with Crippen LogP contribution in [0.3, 0.4) is 0 Å². The van der Waals surface area contributed by atoms with Crippen LogP contribution in [0.25, 0.3) is 66.1 Å². The van der Waals surface area contributed by atoms with Gasteiger partial charge in [-0.3, -0.25) is 0 Å². The van der Waals surface area contributed by atoms with Crippen LogP contribution in [0, 0.1) is 0 Å². The van der Waals surface area contributed by atoms with Gasteiger partial charge in [-0.05, 0) is 0 Å². The van der Waals surface area contributed by atoms with Crippen LogP contribution in [-0.4, -0.2) is 13.3 Å². The molecule has 2 heterocycles. The van der Waals surface area contributed by atoms with Crippen molar-refractivity contribution >= 4 is 74.7 Å². The maximum absolute atomic E-state index is 6.32. The Morgan fingerprint density at radius 3 is 1.10 bits per heavy atom. The Balaban J connectivity index is 1.18. The molecule has 240 valence electrons. The second-order valence-electron chi connectivity index (χ2n) is 13.3. The molecular weight excluding hydrogens is 681 g/mol. The van der Waals surface area contributed by atoms with Gasteiger partial charge in [-0.2, -0.15) is 0 Å².